The van der Waals surface area contributed by atoms with Crippen molar-refractivity contribution in [2.45, 2.75) is 6.42 Å². The Morgan fingerprint density at radius 2 is 1.69 bits per heavy atom. The van der Waals surface area contributed by atoms with E-state index in [4.69, 9.17) is 0 Å². The first-order valence-corrected chi connectivity index (χ1v) is 8.81. The molecule has 2 aromatic rings. The lowest BCUT2D eigenvalue weighted by Gasteiger charge is -2.21. The fraction of sp³-hybridized carbons (Fsp3) is 0.286. The van der Waals surface area contributed by atoms with Crippen molar-refractivity contribution in [3.8, 4) is 0 Å². The minimum atomic E-state index is -0.726. The third-order valence-electron chi connectivity index (χ3n) is 4.46. The minimum Gasteiger partial charge on any atom is -0.337 e. The maximum atomic E-state index is 13.4. The predicted molar refractivity (Wildman–Crippen MR) is 98.8 cm³/mol. The molecule has 0 aliphatic carbocycles. The normalized spacial score (nSPS) is 16.0. The van der Waals surface area contributed by atoms with Gasteiger partial charge in [-0.15, -0.1) is 0 Å². The number of hydrogen-bond acceptors (Lipinski definition) is 2. The van der Waals surface area contributed by atoms with Crippen LogP contribution in [-0.4, -0.2) is 48.4 Å². The molecule has 0 aromatic heterocycles. The van der Waals surface area contributed by atoms with Gasteiger partial charge in [0.2, 0.25) is 0 Å². The lowest BCUT2D eigenvalue weighted by Crippen LogP contribution is -2.35. The molecule has 1 amide bonds. The van der Waals surface area contributed by atoms with Gasteiger partial charge in [-0.2, -0.15) is 0 Å². The average molecular weight is 356 g/mol. The molecule has 2 aromatic carbocycles. The minimum absolute atomic E-state index is 0.0694. The number of rotatable bonds is 4. The maximum absolute atomic E-state index is 13.4. The number of amides is 1. The highest BCUT2D eigenvalue weighted by Gasteiger charge is 2.20. The van der Waals surface area contributed by atoms with Crippen molar-refractivity contribution in [2.75, 3.05) is 32.7 Å². The summed E-state index contributed by atoms with van der Waals surface area (Å²) in [4.78, 5) is 16.5. The van der Waals surface area contributed by atoms with E-state index in [1.807, 2.05) is 18.2 Å². The Morgan fingerprint density at radius 1 is 0.962 bits per heavy atom. The Balaban J connectivity index is 1.56. The second-order valence-electron chi connectivity index (χ2n) is 6.42. The average Bonchev–Trinajstić information content (AvgIpc) is 2.87. The molecular weight excluding hydrogens is 334 g/mol. The monoisotopic (exact) mass is 356 g/mol. The van der Waals surface area contributed by atoms with Crippen molar-refractivity contribution in [3.05, 3.63) is 77.4 Å². The van der Waals surface area contributed by atoms with Crippen molar-refractivity contribution >= 4 is 12.0 Å². The zero-order chi connectivity index (χ0) is 18.4. The third kappa shape index (κ3) is 4.99. The van der Waals surface area contributed by atoms with Crippen LogP contribution >= 0.6 is 0 Å². The highest BCUT2D eigenvalue weighted by atomic mass is 19.1. The van der Waals surface area contributed by atoms with Crippen LogP contribution in [0.3, 0.4) is 0 Å². The van der Waals surface area contributed by atoms with Gasteiger partial charge in [-0.3, -0.25) is 9.69 Å². The van der Waals surface area contributed by atoms with Crippen molar-refractivity contribution < 1.29 is 13.6 Å². The van der Waals surface area contributed by atoms with E-state index < -0.39 is 11.6 Å². The molecule has 1 aliphatic rings. The molecule has 5 heteroatoms. The van der Waals surface area contributed by atoms with E-state index in [9.17, 15) is 13.6 Å². The number of halogens is 2. The molecule has 0 atom stereocenters. The molecule has 0 bridgehead atoms. The first-order valence-electron chi connectivity index (χ1n) is 8.81. The van der Waals surface area contributed by atoms with Crippen molar-refractivity contribution in [1.29, 1.82) is 0 Å². The van der Waals surface area contributed by atoms with Gasteiger partial charge in [-0.05, 0) is 24.1 Å². The van der Waals surface area contributed by atoms with Crippen LogP contribution in [0.15, 0.2) is 54.6 Å². The maximum Gasteiger partial charge on any atom is 0.254 e. The zero-order valence-electron chi connectivity index (χ0n) is 14.6. The van der Waals surface area contributed by atoms with Gasteiger partial charge >= 0.3 is 0 Å². The summed E-state index contributed by atoms with van der Waals surface area (Å²) in [6, 6.07) is 13.1. The number of nitrogens with zero attached hydrogens (tertiary/aromatic N) is 2. The number of carbonyl (C=O) groups is 1. The Kier molecular flexibility index (Phi) is 6.12. The molecule has 0 N–H and O–H groups in total. The third-order valence-corrected chi connectivity index (χ3v) is 4.46. The van der Waals surface area contributed by atoms with E-state index in [2.05, 4.69) is 29.2 Å². The van der Waals surface area contributed by atoms with E-state index >= 15 is 0 Å². The molecule has 136 valence electrons. The molecular formula is C21H22F2N2O. The van der Waals surface area contributed by atoms with Gasteiger partial charge in [-0.25, -0.2) is 8.78 Å². The van der Waals surface area contributed by atoms with E-state index in [-0.39, 0.29) is 11.5 Å². The lowest BCUT2D eigenvalue weighted by molar-refractivity contribution is 0.0761. The summed E-state index contributed by atoms with van der Waals surface area (Å²) < 4.78 is 26.7. The van der Waals surface area contributed by atoms with Gasteiger partial charge in [-0.1, -0.05) is 42.5 Å². The first kappa shape index (κ1) is 18.3. The Bertz CT molecular complexity index is 757. The molecule has 0 unspecified atom stereocenters. The summed E-state index contributed by atoms with van der Waals surface area (Å²) in [6.45, 7) is 3.58. The van der Waals surface area contributed by atoms with Crippen LogP contribution in [0.1, 0.15) is 22.3 Å². The van der Waals surface area contributed by atoms with Gasteiger partial charge in [0.1, 0.15) is 11.6 Å². The molecule has 3 nitrogen and oxygen atoms in total. The molecule has 0 radical (unpaired) electrons. The van der Waals surface area contributed by atoms with Gasteiger partial charge in [0.15, 0.2) is 0 Å². The smallest absolute Gasteiger partial charge is 0.254 e. The predicted octanol–water partition coefficient (Wildman–Crippen LogP) is 3.83. The highest BCUT2D eigenvalue weighted by molar-refractivity contribution is 5.94. The Hall–Kier alpha value is -2.53. The summed E-state index contributed by atoms with van der Waals surface area (Å²) >= 11 is 0. The fourth-order valence-corrected chi connectivity index (χ4v) is 3.12. The summed E-state index contributed by atoms with van der Waals surface area (Å²) in [7, 11) is 0. The van der Waals surface area contributed by atoms with Crippen molar-refractivity contribution in [2.24, 2.45) is 0 Å². The molecule has 1 fully saturated rings. The summed E-state index contributed by atoms with van der Waals surface area (Å²) in [5.74, 6) is -1.77. The van der Waals surface area contributed by atoms with Crippen LogP contribution in [-0.2, 0) is 0 Å². The molecule has 1 saturated heterocycles. The van der Waals surface area contributed by atoms with Crippen LogP contribution in [0.25, 0.3) is 6.08 Å². The SMILES string of the molecule is O=C(c1cc(F)cc(F)c1)N1CCCN(CC=Cc2ccccc2)CC1. The number of carbonyl (C=O) groups excluding carboxylic acids is 1. The largest absolute Gasteiger partial charge is 0.337 e. The number of benzene rings is 2. The highest BCUT2D eigenvalue weighted by Crippen LogP contribution is 2.13. The van der Waals surface area contributed by atoms with Crippen LogP contribution in [0, 0.1) is 11.6 Å². The van der Waals surface area contributed by atoms with Crippen LogP contribution < -0.4 is 0 Å². The Labute approximate surface area is 152 Å². The fourth-order valence-electron chi connectivity index (χ4n) is 3.12. The van der Waals surface area contributed by atoms with Gasteiger partial charge in [0.25, 0.3) is 5.91 Å². The van der Waals surface area contributed by atoms with Crippen LogP contribution in [0.4, 0.5) is 8.78 Å². The van der Waals surface area contributed by atoms with E-state index in [0.29, 0.717) is 13.1 Å². The van der Waals surface area contributed by atoms with Crippen molar-refractivity contribution in [3.63, 3.8) is 0 Å². The Morgan fingerprint density at radius 3 is 2.42 bits per heavy atom. The van der Waals surface area contributed by atoms with Crippen LogP contribution in [0.5, 0.6) is 0 Å². The van der Waals surface area contributed by atoms with E-state index in [1.54, 1.807) is 4.90 Å². The molecule has 1 aliphatic heterocycles. The standard InChI is InChI=1S/C21H22F2N2O/c22-19-14-18(15-20(23)16-19)21(26)25-11-5-10-24(12-13-25)9-4-8-17-6-2-1-3-7-17/h1-4,6-8,14-16H,5,9-13H2. The molecule has 3 rings (SSSR count). The molecule has 0 saturated carbocycles. The number of hydrogen-bond donors (Lipinski definition) is 0. The van der Waals surface area contributed by atoms with E-state index in [0.717, 1.165) is 49.8 Å². The summed E-state index contributed by atoms with van der Waals surface area (Å²) in [6.07, 6.45) is 5.04. The lowest BCUT2D eigenvalue weighted by atomic mass is 10.2. The second kappa shape index (κ2) is 8.72. The molecule has 1 heterocycles. The van der Waals surface area contributed by atoms with Crippen molar-refractivity contribution in [1.82, 2.24) is 9.80 Å². The second-order valence-corrected chi connectivity index (χ2v) is 6.42. The summed E-state index contributed by atoms with van der Waals surface area (Å²) in [5.41, 5.74) is 1.23. The van der Waals surface area contributed by atoms with Gasteiger partial charge in [0.05, 0.1) is 0 Å². The van der Waals surface area contributed by atoms with Crippen LogP contribution in [0.2, 0.25) is 0 Å². The first-order chi connectivity index (χ1) is 12.6. The van der Waals surface area contributed by atoms with Gasteiger partial charge < -0.3 is 4.90 Å². The van der Waals surface area contributed by atoms with E-state index in [1.165, 1.54) is 0 Å². The topological polar surface area (TPSA) is 23.6 Å². The van der Waals surface area contributed by atoms with Gasteiger partial charge in [0, 0.05) is 44.4 Å². The quantitative estimate of drug-likeness (QED) is 0.831. The molecule has 0 spiro atoms. The summed E-state index contributed by atoms with van der Waals surface area (Å²) in [5, 5.41) is 0. The molecule has 26 heavy (non-hydrogen) atoms. The zero-order valence-corrected chi connectivity index (χ0v) is 14.6.